The van der Waals surface area contributed by atoms with Crippen molar-refractivity contribution in [3.05, 3.63) is 65.7 Å². The standard InChI is InChI=1S/C22H18N2O4/c1-27-19-6-4-3-5-14(19)13-9-16-15-8-7-12(22(26)28-2)11-18(15)24-20(16)17(10-13)21(23)25/h3-11,24H,1-2H3,(H2,23,25). The Labute approximate surface area is 160 Å². The molecule has 0 atom stereocenters. The summed E-state index contributed by atoms with van der Waals surface area (Å²) in [5.41, 5.74) is 9.47. The number of para-hydroxylation sites is 1. The minimum Gasteiger partial charge on any atom is -0.496 e. The van der Waals surface area contributed by atoms with E-state index in [4.69, 9.17) is 15.2 Å². The number of amides is 1. The molecule has 28 heavy (non-hydrogen) atoms. The minimum absolute atomic E-state index is 0.370. The molecule has 0 aliphatic rings. The van der Waals surface area contributed by atoms with Gasteiger partial charge in [-0.1, -0.05) is 24.3 Å². The summed E-state index contributed by atoms with van der Waals surface area (Å²) in [6.07, 6.45) is 0. The molecule has 4 rings (SSSR count). The Kier molecular flexibility index (Phi) is 4.24. The number of aromatic amines is 1. The van der Waals surface area contributed by atoms with Crippen LogP contribution < -0.4 is 10.5 Å². The molecule has 140 valence electrons. The molecule has 1 aromatic heterocycles. The molecule has 0 fully saturated rings. The molecule has 0 radical (unpaired) electrons. The summed E-state index contributed by atoms with van der Waals surface area (Å²) in [5, 5.41) is 1.71. The fraction of sp³-hybridized carbons (Fsp3) is 0.0909. The van der Waals surface area contributed by atoms with Crippen LogP contribution in [0.3, 0.4) is 0 Å². The van der Waals surface area contributed by atoms with E-state index in [1.54, 1.807) is 25.3 Å². The van der Waals surface area contributed by atoms with E-state index in [0.717, 1.165) is 27.4 Å². The van der Waals surface area contributed by atoms with E-state index in [0.29, 0.717) is 22.4 Å². The number of ether oxygens (including phenoxy) is 2. The number of methoxy groups -OCH3 is 2. The van der Waals surface area contributed by atoms with Crippen molar-refractivity contribution < 1.29 is 19.1 Å². The average Bonchev–Trinajstić information content (AvgIpc) is 3.09. The number of nitrogens with one attached hydrogen (secondary N) is 1. The third-order valence-corrected chi connectivity index (χ3v) is 4.81. The smallest absolute Gasteiger partial charge is 0.337 e. The third-order valence-electron chi connectivity index (χ3n) is 4.81. The maximum atomic E-state index is 12.1. The molecule has 0 saturated heterocycles. The summed E-state index contributed by atoms with van der Waals surface area (Å²) < 4.78 is 10.2. The number of aromatic nitrogens is 1. The molecule has 3 aromatic carbocycles. The van der Waals surface area contributed by atoms with Crippen LogP contribution >= 0.6 is 0 Å². The normalized spacial score (nSPS) is 10.9. The maximum absolute atomic E-state index is 12.1. The van der Waals surface area contributed by atoms with Crippen molar-refractivity contribution in [2.75, 3.05) is 14.2 Å². The molecule has 0 aliphatic carbocycles. The number of nitrogens with two attached hydrogens (primary N) is 1. The number of hydrogen-bond acceptors (Lipinski definition) is 4. The van der Waals surface area contributed by atoms with E-state index in [1.165, 1.54) is 7.11 Å². The van der Waals surface area contributed by atoms with Gasteiger partial charge in [-0.05, 0) is 35.9 Å². The second kappa shape index (κ2) is 6.74. The van der Waals surface area contributed by atoms with E-state index in [1.807, 2.05) is 36.4 Å². The lowest BCUT2D eigenvalue weighted by Crippen LogP contribution is -2.11. The number of carbonyl (C=O) groups is 2. The molecule has 3 N–H and O–H groups in total. The van der Waals surface area contributed by atoms with Crippen molar-refractivity contribution in [3.8, 4) is 16.9 Å². The predicted octanol–water partition coefficient (Wildman–Crippen LogP) is 3.88. The largest absolute Gasteiger partial charge is 0.496 e. The Hall–Kier alpha value is -3.80. The number of carbonyl (C=O) groups excluding carboxylic acids is 2. The fourth-order valence-corrected chi connectivity index (χ4v) is 3.48. The van der Waals surface area contributed by atoms with Crippen molar-refractivity contribution >= 4 is 33.7 Å². The van der Waals surface area contributed by atoms with Crippen molar-refractivity contribution in [2.45, 2.75) is 0 Å². The summed E-state index contributed by atoms with van der Waals surface area (Å²) in [6.45, 7) is 0. The zero-order valence-corrected chi connectivity index (χ0v) is 15.4. The van der Waals surface area contributed by atoms with E-state index in [9.17, 15) is 9.59 Å². The number of primary amides is 1. The van der Waals surface area contributed by atoms with Gasteiger partial charge < -0.3 is 20.2 Å². The molecule has 6 heteroatoms. The molecule has 0 aliphatic heterocycles. The molecule has 1 heterocycles. The number of hydrogen-bond donors (Lipinski definition) is 2. The van der Waals surface area contributed by atoms with Crippen LogP contribution in [-0.2, 0) is 4.74 Å². The SMILES string of the molecule is COC(=O)c1ccc2c(c1)[nH]c1c(C(N)=O)cc(-c3ccccc3OC)cc12. The Morgan fingerprint density at radius 3 is 2.46 bits per heavy atom. The van der Waals surface area contributed by atoms with Crippen molar-refractivity contribution in [1.82, 2.24) is 4.98 Å². The van der Waals surface area contributed by atoms with Crippen LogP contribution in [0.2, 0.25) is 0 Å². The lowest BCUT2D eigenvalue weighted by molar-refractivity contribution is 0.0600. The summed E-state index contributed by atoms with van der Waals surface area (Å²) >= 11 is 0. The number of rotatable bonds is 4. The highest BCUT2D eigenvalue weighted by atomic mass is 16.5. The lowest BCUT2D eigenvalue weighted by Gasteiger charge is -2.10. The fourth-order valence-electron chi connectivity index (χ4n) is 3.48. The van der Waals surface area contributed by atoms with E-state index in [2.05, 4.69) is 4.98 Å². The van der Waals surface area contributed by atoms with Crippen LogP contribution in [-0.4, -0.2) is 31.1 Å². The molecule has 0 spiro atoms. The van der Waals surface area contributed by atoms with Gasteiger partial charge in [-0.15, -0.1) is 0 Å². The second-order valence-electron chi connectivity index (χ2n) is 6.39. The van der Waals surface area contributed by atoms with Crippen LogP contribution in [0.15, 0.2) is 54.6 Å². The average molecular weight is 374 g/mol. The minimum atomic E-state index is -0.540. The molecule has 1 amide bonds. The molecular weight excluding hydrogens is 356 g/mol. The van der Waals surface area contributed by atoms with E-state index >= 15 is 0 Å². The predicted molar refractivity (Wildman–Crippen MR) is 108 cm³/mol. The third kappa shape index (κ3) is 2.75. The van der Waals surface area contributed by atoms with Crippen LogP contribution in [0, 0.1) is 0 Å². The molecule has 0 saturated carbocycles. The topological polar surface area (TPSA) is 94.4 Å². The number of H-pyrrole nitrogens is 1. The van der Waals surface area contributed by atoms with Crippen molar-refractivity contribution in [2.24, 2.45) is 5.73 Å². The highest BCUT2D eigenvalue weighted by Crippen LogP contribution is 2.36. The Bertz CT molecular complexity index is 1240. The van der Waals surface area contributed by atoms with Crippen LogP contribution in [0.1, 0.15) is 20.7 Å². The summed E-state index contributed by atoms with van der Waals surface area (Å²) in [4.78, 5) is 27.2. The Morgan fingerprint density at radius 2 is 1.75 bits per heavy atom. The van der Waals surface area contributed by atoms with Crippen LogP contribution in [0.25, 0.3) is 32.9 Å². The molecular formula is C22H18N2O4. The van der Waals surface area contributed by atoms with E-state index < -0.39 is 11.9 Å². The highest BCUT2D eigenvalue weighted by molar-refractivity contribution is 6.16. The van der Waals surface area contributed by atoms with Crippen LogP contribution in [0.5, 0.6) is 5.75 Å². The monoisotopic (exact) mass is 374 g/mol. The zero-order chi connectivity index (χ0) is 19.8. The van der Waals surface area contributed by atoms with Gasteiger partial charge in [-0.3, -0.25) is 4.79 Å². The Balaban J connectivity index is 2.03. The second-order valence-corrected chi connectivity index (χ2v) is 6.39. The van der Waals surface area contributed by atoms with Gasteiger partial charge in [0.15, 0.2) is 0 Å². The van der Waals surface area contributed by atoms with Gasteiger partial charge in [-0.25, -0.2) is 4.79 Å². The zero-order valence-electron chi connectivity index (χ0n) is 15.4. The summed E-state index contributed by atoms with van der Waals surface area (Å²) in [5.74, 6) is -0.267. The van der Waals surface area contributed by atoms with Crippen molar-refractivity contribution in [1.29, 1.82) is 0 Å². The van der Waals surface area contributed by atoms with Gasteiger partial charge in [0.2, 0.25) is 0 Å². The van der Waals surface area contributed by atoms with E-state index in [-0.39, 0.29) is 0 Å². The first-order chi connectivity index (χ1) is 13.5. The number of esters is 1. The molecule has 6 nitrogen and oxygen atoms in total. The van der Waals surface area contributed by atoms with Gasteiger partial charge in [0, 0.05) is 21.9 Å². The first-order valence-corrected chi connectivity index (χ1v) is 8.64. The lowest BCUT2D eigenvalue weighted by atomic mass is 9.98. The van der Waals surface area contributed by atoms with Gasteiger partial charge in [-0.2, -0.15) is 0 Å². The summed E-state index contributed by atoms with van der Waals surface area (Å²) in [6, 6.07) is 16.5. The number of fused-ring (bicyclic) bond motifs is 3. The summed E-state index contributed by atoms with van der Waals surface area (Å²) in [7, 11) is 2.94. The Morgan fingerprint density at radius 1 is 0.964 bits per heavy atom. The quantitative estimate of drug-likeness (QED) is 0.530. The first kappa shape index (κ1) is 17.6. The molecule has 4 aromatic rings. The number of benzene rings is 3. The van der Waals surface area contributed by atoms with Crippen molar-refractivity contribution in [3.63, 3.8) is 0 Å². The van der Waals surface area contributed by atoms with Gasteiger partial charge in [0.25, 0.3) is 5.91 Å². The molecule has 0 unspecified atom stereocenters. The van der Waals surface area contributed by atoms with Gasteiger partial charge in [0.1, 0.15) is 5.75 Å². The van der Waals surface area contributed by atoms with Crippen LogP contribution in [0.4, 0.5) is 0 Å². The first-order valence-electron chi connectivity index (χ1n) is 8.64. The van der Waals surface area contributed by atoms with Gasteiger partial charge in [0.05, 0.1) is 30.9 Å². The van der Waals surface area contributed by atoms with Gasteiger partial charge >= 0.3 is 5.97 Å². The maximum Gasteiger partial charge on any atom is 0.337 e. The molecule has 0 bridgehead atoms. The highest BCUT2D eigenvalue weighted by Gasteiger charge is 2.17.